The molecule has 5 rings (SSSR count). The van der Waals surface area contributed by atoms with E-state index in [1.54, 1.807) is 11.3 Å². The van der Waals surface area contributed by atoms with Crippen LogP contribution in [0.1, 0.15) is 13.3 Å². The molecule has 2 aliphatic heterocycles. The van der Waals surface area contributed by atoms with Gasteiger partial charge in [-0.15, -0.1) is 11.3 Å². The zero-order chi connectivity index (χ0) is 20.5. The van der Waals surface area contributed by atoms with Crippen LogP contribution in [0.2, 0.25) is 0 Å². The molecule has 1 aromatic carbocycles. The lowest BCUT2D eigenvalue weighted by Crippen LogP contribution is -2.43. The monoisotopic (exact) mass is 424 g/mol. The van der Waals surface area contributed by atoms with Crippen LogP contribution >= 0.6 is 11.3 Å². The largest absolute Gasteiger partial charge is 0.489 e. The molecule has 0 radical (unpaired) electrons. The fourth-order valence-electron chi connectivity index (χ4n) is 3.96. The molecule has 30 heavy (non-hydrogen) atoms. The summed E-state index contributed by atoms with van der Waals surface area (Å²) in [4.78, 5) is 27.6. The van der Waals surface area contributed by atoms with Crippen molar-refractivity contribution in [3.63, 3.8) is 0 Å². The number of nitrogens with zero attached hydrogens (tertiary/aromatic N) is 4. The molecule has 2 saturated heterocycles. The molecular weight excluding hydrogens is 400 g/mol. The van der Waals surface area contributed by atoms with E-state index < -0.39 is 0 Å². The number of rotatable bonds is 5. The molecule has 9 heteroatoms. The predicted molar refractivity (Wildman–Crippen MR) is 117 cm³/mol. The quantitative estimate of drug-likeness (QED) is 0.648. The molecule has 156 valence electrons. The van der Waals surface area contributed by atoms with Gasteiger partial charge >= 0.3 is 0 Å². The van der Waals surface area contributed by atoms with Gasteiger partial charge in [-0.25, -0.2) is 9.97 Å². The lowest BCUT2D eigenvalue weighted by Gasteiger charge is -2.28. The van der Waals surface area contributed by atoms with E-state index in [-0.39, 0.29) is 17.9 Å². The zero-order valence-electron chi connectivity index (χ0n) is 16.8. The van der Waals surface area contributed by atoms with Crippen molar-refractivity contribution in [2.75, 3.05) is 37.6 Å². The molecule has 2 fully saturated rings. The first-order valence-electron chi connectivity index (χ1n) is 10.3. The molecule has 8 nitrogen and oxygen atoms in total. The first-order valence-corrected chi connectivity index (χ1v) is 11.1. The highest BCUT2D eigenvalue weighted by Crippen LogP contribution is 2.35. The number of piperazine rings is 1. The van der Waals surface area contributed by atoms with E-state index >= 15 is 0 Å². The summed E-state index contributed by atoms with van der Waals surface area (Å²) in [5.74, 6) is 1.94. The van der Waals surface area contributed by atoms with Crippen LogP contribution in [0.3, 0.4) is 0 Å². The highest BCUT2D eigenvalue weighted by molar-refractivity contribution is 7.17. The van der Waals surface area contributed by atoms with Crippen molar-refractivity contribution in [1.82, 2.24) is 25.6 Å². The summed E-state index contributed by atoms with van der Waals surface area (Å²) < 4.78 is 7.32. The second-order valence-electron chi connectivity index (χ2n) is 7.76. The van der Waals surface area contributed by atoms with Gasteiger partial charge in [0.2, 0.25) is 5.91 Å². The highest BCUT2D eigenvalue weighted by Gasteiger charge is 2.28. The first-order chi connectivity index (χ1) is 14.7. The molecule has 1 amide bonds. The van der Waals surface area contributed by atoms with Crippen molar-refractivity contribution >= 4 is 33.3 Å². The van der Waals surface area contributed by atoms with Crippen molar-refractivity contribution in [2.45, 2.75) is 19.4 Å². The molecule has 0 saturated carbocycles. The van der Waals surface area contributed by atoms with Crippen LogP contribution in [0, 0.1) is 5.92 Å². The fourth-order valence-corrected chi connectivity index (χ4v) is 4.68. The zero-order valence-corrected chi connectivity index (χ0v) is 17.6. The molecule has 1 unspecified atom stereocenters. The topological polar surface area (TPSA) is 92.3 Å². The molecule has 2 aliphatic rings. The average molecular weight is 425 g/mol. The molecule has 0 aliphatic carbocycles. The Hall–Kier alpha value is -2.78. The van der Waals surface area contributed by atoms with Gasteiger partial charge in [-0.2, -0.15) is 0 Å². The third-order valence-corrected chi connectivity index (χ3v) is 6.62. The maximum Gasteiger partial charge on any atom is 0.220 e. The Labute approximate surface area is 178 Å². The second-order valence-corrected chi connectivity index (χ2v) is 8.62. The van der Waals surface area contributed by atoms with Crippen molar-refractivity contribution in [1.29, 1.82) is 0 Å². The average Bonchev–Trinajstić information content (AvgIpc) is 3.43. The van der Waals surface area contributed by atoms with Crippen LogP contribution < -0.4 is 20.3 Å². The van der Waals surface area contributed by atoms with E-state index in [1.807, 2.05) is 37.0 Å². The number of benzene rings is 1. The Kier molecular flexibility index (Phi) is 5.22. The SMILES string of the molecule is C[C@@H](Oc1cc(-c2cnc(N3CCNCC3)cn2)cc2ncsc12)C1CNC(=O)C1. The number of nitrogens with one attached hydrogen (secondary N) is 2. The van der Waals surface area contributed by atoms with Gasteiger partial charge in [-0.3, -0.25) is 9.78 Å². The molecule has 2 N–H and O–H groups in total. The number of carbonyl (C=O) groups is 1. The number of fused-ring (bicyclic) bond motifs is 1. The van der Waals surface area contributed by atoms with Crippen LogP contribution in [0.15, 0.2) is 30.0 Å². The van der Waals surface area contributed by atoms with E-state index in [2.05, 4.69) is 30.5 Å². The lowest BCUT2D eigenvalue weighted by molar-refractivity contribution is -0.119. The number of anilines is 1. The number of hydrogen-bond donors (Lipinski definition) is 2. The normalized spacial score (nSPS) is 20.4. The number of hydrogen-bond acceptors (Lipinski definition) is 8. The summed E-state index contributed by atoms with van der Waals surface area (Å²) in [7, 11) is 0. The van der Waals surface area contributed by atoms with Crippen LogP contribution in [-0.4, -0.2) is 59.7 Å². The summed E-state index contributed by atoms with van der Waals surface area (Å²) >= 11 is 1.56. The molecule has 3 aromatic rings. The van der Waals surface area contributed by atoms with Crippen molar-refractivity contribution < 1.29 is 9.53 Å². The minimum absolute atomic E-state index is 0.0781. The molecular formula is C21H24N6O2S. The molecule has 2 aromatic heterocycles. The number of ether oxygens (including phenoxy) is 1. The van der Waals surface area contributed by atoms with Crippen LogP contribution in [0.4, 0.5) is 5.82 Å². The Morgan fingerprint density at radius 3 is 2.80 bits per heavy atom. The van der Waals surface area contributed by atoms with Gasteiger partial charge in [0.05, 0.1) is 33.8 Å². The number of carbonyl (C=O) groups excluding carboxylic acids is 1. The minimum atomic E-state index is -0.0781. The van der Waals surface area contributed by atoms with E-state index in [1.165, 1.54) is 0 Å². The van der Waals surface area contributed by atoms with Gasteiger partial charge in [0, 0.05) is 50.6 Å². The van der Waals surface area contributed by atoms with E-state index in [4.69, 9.17) is 4.74 Å². The van der Waals surface area contributed by atoms with Crippen LogP contribution in [-0.2, 0) is 4.79 Å². The summed E-state index contributed by atoms with van der Waals surface area (Å²) in [5.41, 5.74) is 4.43. The number of thiazole rings is 1. The van der Waals surface area contributed by atoms with E-state index in [0.717, 1.165) is 59.2 Å². The Morgan fingerprint density at radius 1 is 1.20 bits per heavy atom. The van der Waals surface area contributed by atoms with Gasteiger partial charge in [0.1, 0.15) is 17.7 Å². The Bertz CT molecular complexity index is 1050. The lowest BCUT2D eigenvalue weighted by atomic mass is 10.0. The summed E-state index contributed by atoms with van der Waals surface area (Å²) in [6.07, 6.45) is 4.08. The number of aromatic nitrogens is 3. The van der Waals surface area contributed by atoms with Gasteiger partial charge in [0.15, 0.2) is 0 Å². The Balaban J connectivity index is 1.41. The minimum Gasteiger partial charge on any atom is -0.489 e. The third kappa shape index (κ3) is 3.82. The molecule has 4 heterocycles. The summed E-state index contributed by atoms with van der Waals surface area (Å²) in [6.45, 7) is 6.48. The van der Waals surface area contributed by atoms with Crippen molar-refractivity contribution in [3.8, 4) is 17.0 Å². The van der Waals surface area contributed by atoms with E-state index in [0.29, 0.717) is 13.0 Å². The standard InChI is InChI=1S/C21H24N6O2S/c1-13(15-8-20(28)25-9-15)29-18-7-14(6-16-21(18)30-12-26-16)17-10-24-19(11-23-17)27-4-2-22-3-5-27/h6-7,10-13,15,22H,2-5,8-9H2,1H3,(H,25,28)/t13-,15?/m1/s1. The molecule has 2 atom stereocenters. The first kappa shape index (κ1) is 19.2. The van der Waals surface area contributed by atoms with Crippen LogP contribution in [0.25, 0.3) is 21.5 Å². The second kappa shape index (κ2) is 8.16. The maximum atomic E-state index is 11.6. The van der Waals surface area contributed by atoms with Gasteiger partial charge in [-0.1, -0.05) is 0 Å². The predicted octanol–water partition coefficient (Wildman–Crippen LogP) is 2.07. The van der Waals surface area contributed by atoms with Crippen molar-refractivity contribution in [3.05, 3.63) is 30.0 Å². The van der Waals surface area contributed by atoms with E-state index in [9.17, 15) is 4.79 Å². The summed E-state index contributed by atoms with van der Waals surface area (Å²) in [6, 6.07) is 4.04. The van der Waals surface area contributed by atoms with Crippen LogP contribution in [0.5, 0.6) is 5.75 Å². The smallest absolute Gasteiger partial charge is 0.220 e. The third-order valence-electron chi connectivity index (χ3n) is 5.76. The van der Waals surface area contributed by atoms with Crippen molar-refractivity contribution in [2.24, 2.45) is 5.92 Å². The Morgan fingerprint density at radius 2 is 2.07 bits per heavy atom. The number of amides is 1. The summed E-state index contributed by atoms with van der Waals surface area (Å²) in [5, 5.41) is 6.23. The highest BCUT2D eigenvalue weighted by atomic mass is 32.1. The van der Waals surface area contributed by atoms with Gasteiger partial charge in [-0.05, 0) is 19.1 Å². The van der Waals surface area contributed by atoms with Gasteiger partial charge < -0.3 is 20.3 Å². The molecule has 0 bridgehead atoms. The maximum absolute atomic E-state index is 11.6. The molecule has 0 spiro atoms. The van der Waals surface area contributed by atoms with Gasteiger partial charge in [0.25, 0.3) is 0 Å². The fraction of sp³-hybridized carbons (Fsp3) is 0.429.